The lowest BCUT2D eigenvalue weighted by molar-refractivity contribution is 0.102. The average molecular weight is 321 g/mol. The standard InChI is InChI=1S/C18H19N5O/c1-11-5-12(2)7-15(6-11)18(24)21-16-9-17(20-10-19-16)23-14(4)8-13(3)22-23/h5-10H,1-4H3,(H,19,20,21,24). The van der Waals surface area contributed by atoms with Crippen LogP contribution in [0.3, 0.4) is 0 Å². The van der Waals surface area contributed by atoms with Gasteiger partial charge in [0.2, 0.25) is 0 Å². The monoisotopic (exact) mass is 321 g/mol. The predicted octanol–water partition coefficient (Wildman–Crippen LogP) is 3.15. The van der Waals surface area contributed by atoms with Crippen LogP contribution in [0, 0.1) is 27.7 Å². The number of carbonyl (C=O) groups excluding carboxylic acids is 1. The minimum absolute atomic E-state index is 0.195. The highest BCUT2D eigenvalue weighted by atomic mass is 16.1. The first-order valence-corrected chi connectivity index (χ1v) is 7.68. The second-order valence-electron chi connectivity index (χ2n) is 5.93. The molecule has 0 atom stereocenters. The van der Waals surface area contributed by atoms with Gasteiger partial charge in [-0.3, -0.25) is 4.79 Å². The summed E-state index contributed by atoms with van der Waals surface area (Å²) in [6.07, 6.45) is 1.42. The van der Waals surface area contributed by atoms with Crippen molar-refractivity contribution in [3.63, 3.8) is 0 Å². The lowest BCUT2D eigenvalue weighted by Gasteiger charge is -2.08. The first kappa shape index (κ1) is 15.9. The Morgan fingerprint density at radius 1 is 0.958 bits per heavy atom. The molecular formula is C18H19N5O. The zero-order valence-corrected chi connectivity index (χ0v) is 14.2. The summed E-state index contributed by atoms with van der Waals surface area (Å²) < 4.78 is 1.73. The van der Waals surface area contributed by atoms with Crippen molar-refractivity contribution in [2.75, 3.05) is 5.32 Å². The molecule has 2 aromatic heterocycles. The van der Waals surface area contributed by atoms with Gasteiger partial charge in [-0.15, -0.1) is 0 Å². The maximum Gasteiger partial charge on any atom is 0.256 e. The number of amides is 1. The Labute approximate surface area is 140 Å². The molecule has 0 fully saturated rings. The molecule has 0 bridgehead atoms. The molecular weight excluding hydrogens is 302 g/mol. The number of hydrogen-bond donors (Lipinski definition) is 1. The predicted molar refractivity (Wildman–Crippen MR) is 92.5 cm³/mol. The van der Waals surface area contributed by atoms with Crippen LogP contribution in [0.5, 0.6) is 0 Å². The Morgan fingerprint density at radius 3 is 2.29 bits per heavy atom. The SMILES string of the molecule is Cc1cc(C)cc(C(=O)Nc2cc(-n3nc(C)cc3C)ncn2)c1. The lowest BCUT2D eigenvalue weighted by atomic mass is 10.1. The number of aryl methyl sites for hydroxylation is 4. The molecule has 6 nitrogen and oxygen atoms in total. The summed E-state index contributed by atoms with van der Waals surface area (Å²) in [7, 11) is 0. The highest BCUT2D eigenvalue weighted by molar-refractivity contribution is 6.04. The van der Waals surface area contributed by atoms with Crippen LogP contribution in [0.4, 0.5) is 5.82 Å². The molecule has 0 saturated carbocycles. The number of anilines is 1. The van der Waals surface area contributed by atoms with Gasteiger partial charge in [0.25, 0.3) is 5.91 Å². The minimum atomic E-state index is -0.195. The van der Waals surface area contributed by atoms with E-state index in [4.69, 9.17) is 0 Å². The van der Waals surface area contributed by atoms with E-state index in [0.717, 1.165) is 22.5 Å². The second-order valence-corrected chi connectivity index (χ2v) is 5.93. The summed E-state index contributed by atoms with van der Waals surface area (Å²) in [5.74, 6) is 0.864. The summed E-state index contributed by atoms with van der Waals surface area (Å²) in [4.78, 5) is 20.8. The number of nitrogens with one attached hydrogen (secondary N) is 1. The summed E-state index contributed by atoms with van der Waals surface area (Å²) in [6, 6.07) is 9.41. The Balaban J connectivity index is 1.87. The first-order chi connectivity index (χ1) is 11.4. The Bertz CT molecular complexity index is 893. The minimum Gasteiger partial charge on any atom is -0.306 e. The van der Waals surface area contributed by atoms with E-state index in [-0.39, 0.29) is 5.91 Å². The zero-order valence-electron chi connectivity index (χ0n) is 14.2. The maximum absolute atomic E-state index is 12.4. The van der Waals surface area contributed by atoms with Gasteiger partial charge in [-0.2, -0.15) is 5.10 Å². The van der Waals surface area contributed by atoms with E-state index in [1.807, 2.05) is 52.0 Å². The van der Waals surface area contributed by atoms with E-state index in [0.29, 0.717) is 17.2 Å². The van der Waals surface area contributed by atoms with E-state index >= 15 is 0 Å². The quantitative estimate of drug-likeness (QED) is 0.804. The van der Waals surface area contributed by atoms with Crippen LogP contribution in [0.2, 0.25) is 0 Å². The largest absolute Gasteiger partial charge is 0.306 e. The van der Waals surface area contributed by atoms with Crippen molar-refractivity contribution < 1.29 is 4.79 Å². The number of rotatable bonds is 3. The number of aromatic nitrogens is 4. The number of carbonyl (C=O) groups is 1. The van der Waals surface area contributed by atoms with E-state index in [1.165, 1.54) is 6.33 Å². The van der Waals surface area contributed by atoms with Gasteiger partial charge in [0, 0.05) is 17.3 Å². The molecule has 3 aromatic rings. The fraction of sp³-hybridized carbons (Fsp3) is 0.222. The van der Waals surface area contributed by atoms with Gasteiger partial charge in [0.05, 0.1) is 5.69 Å². The molecule has 0 spiro atoms. The van der Waals surface area contributed by atoms with Crippen LogP contribution < -0.4 is 5.32 Å². The van der Waals surface area contributed by atoms with Crippen LogP contribution in [-0.2, 0) is 0 Å². The second kappa shape index (κ2) is 6.23. The summed E-state index contributed by atoms with van der Waals surface area (Å²) in [6.45, 7) is 7.81. The third-order valence-corrected chi connectivity index (χ3v) is 3.60. The highest BCUT2D eigenvalue weighted by Gasteiger charge is 2.11. The van der Waals surface area contributed by atoms with Gasteiger partial charge in [0.15, 0.2) is 5.82 Å². The van der Waals surface area contributed by atoms with E-state index in [9.17, 15) is 4.79 Å². The van der Waals surface area contributed by atoms with E-state index in [1.54, 1.807) is 10.7 Å². The molecule has 1 N–H and O–H groups in total. The van der Waals surface area contributed by atoms with Crippen LogP contribution in [0.25, 0.3) is 5.82 Å². The molecule has 0 aliphatic heterocycles. The van der Waals surface area contributed by atoms with Gasteiger partial charge in [-0.1, -0.05) is 17.2 Å². The van der Waals surface area contributed by atoms with Crippen molar-refractivity contribution in [1.29, 1.82) is 0 Å². The van der Waals surface area contributed by atoms with Gasteiger partial charge in [-0.25, -0.2) is 14.6 Å². The summed E-state index contributed by atoms with van der Waals surface area (Å²) in [5.41, 5.74) is 4.58. The van der Waals surface area contributed by atoms with Gasteiger partial charge in [-0.05, 0) is 45.9 Å². The Kier molecular flexibility index (Phi) is 4.12. The topological polar surface area (TPSA) is 72.7 Å². The average Bonchev–Trinajstić information content (AvgIpc) is 2.85. The van der Waals surface area contributed by atoms with E-state index < -0.39 is 0 Å². The van der Waals surface area contributed by atoms with E-state index in [2.05, 4.69) is 20.4 Å². The van der Waals surface area contributed by atoms with Crippen molar-refractivity contribution in [3.05, 3.63) is 64.7 Å². The third kappa shape index (κ3) is 3.32. The summed E-state index contributed by atoms with van der Waals surface area (Å²) >= 11 is 0. The third-order valence-electron chi connectivity index (χ3n) is 3.60. The molecule has 1 aromatic carbocycles. The van der Waals surface area contributed by atoms with Crippen LogP contribution in [-0.4, -0.2) is 25.7 Å². The molecule has 3 rings (SSSR count). The molecule has 122 valence electrons. The fourth-order valence-electron chi connectivity index (χ4n) is 2.69. The van der Waals surface area contributed by atoms with Crippen molar-refractivity contribution in [2.45, 2.75) is 27.7 Å². The molecule has 0 aliphatic carbocycles. The molecule has 0 unspecified atom stereocenters. The van der Waals surface area contributed by atoms with Gasteiger partial charge < -0.3 is 5.32 Å². The Hall–Kier alpha value is -3.02. The van der Waals surface area contributed by atoms with Crippen LogP contribution in [0.1, 0.15) is 32.9 Å². The van der Waals surface area contributed by atoms with Crippen LogP contribution >= 0.6 is 0 Å². The van der Waals surface area contributed by atoms with Crippen molar-refractivity contribution in [2.24, 2.45) is 0 Å². The fourth-order valence-corrected chi connectivity index (χ4v) is 2.69. The number of nitrogens with zero attached hydrogens (tertiary/aromatic N) is 4. The molecule has 0 radical (unpaired) electrons. The van der Waals surface area contributed by atoms with Gasteiger partial charge in [0.1, 0.15) is 12.1 Å². The molecule has 6 heteroatoms. The van der Waals surface area contributed by atoms with Crippen molar-refractivity contribution in [3.8, 4) is 5.82 Å². The number of benzene rings is 1. The Morgan fingerprint density at radius 2 is 1.67 bits per heavy atom. The van der Waals surface area contributed by atoms with Crippen LogP contribution in [0.15, 0.2) is 36.7 Å². The molecule has 0 saturated heterocycles. The number of hydrogen-bond acceptors (Lipinski definition) is 4. The smallest absolute Gasteiger partial charge is 0.256 e. The van der Waals surface area contributed by atoms with Crippen molar-refractivity contribution in [1.82, 2.24) is 19.7 Å². The highest BCUT2D eigenvalue weighted by Crippen LogP contribution is 2.14. The molecule has 2 heterocycles. The molecule has 1 amide bonds. The van der Waals surface area contributed by atoms with Crippen molar-refractivity contribution >= 4 is 11.7 Å². The molecule has 0 aliphatic rings. The molecule has 24 heavy (non-hydrogen) atoms. The normalized spacial score (nSPS) is 10.7. The lowest BCUT2D eigenvalue weighted by Crippen LogP contribution is -2.14. The van der Waals surface area contributed by atoms with Gasteiger partial charge >= 0.3 is 0 Å². The summed E-state index contributed by atoms with van der Waals surface area (Å²) in [5, 5.41) is 7.21. The zero-order chi connectivity index (χ0) is 17.3. The maximum atomic E-state index is 12.4. The first-order valence-electron chi connectivity index (χ1n) is 7.68.